The van der Waals surface area contributed by atoms with Crippen molar-refractivity contribution in [2.24, 2.45) is 0 Å². The zero-order valence-corrected chi connectivity index (χ0v) is 11.8. The fourth-order valence-corrected chi connectivity index (χ4v) is 2.37. The summed E-state index contributed by atoms with van der Waals surface area (Å²) >= 11 is 1.12. The second-order valence-electron chi connectivity index (χ2n) is 3.95. The van der Waals surface area contributed by atoms with Gasteiger partial charge in [-0.3, -0.25) is 0 Å². The van der Waals surface area contributed by atoms with Crippen molar-refractivity contribution in [2.75, 3.05) is 5.73 Å². The number of rotatable bonds is 5. The molecule has 3 aromatic rings. The Morgan fingerprint density at radius 2 is 2.18 bits per heavy atom. The molecule has 13 heteroatoms. The summed E-state index contributed by atoms with van der Waals surface area (Å²) in [5.41, 5.74) is 5.57. The minimum Gasteiger partial charge on any atom is -0.476 e. The van der Waals surface area contributed by atoms with Crippen LogP contribution in [0.4, 0.5) is 5.82 Å². The molecule has 0 aliphatic rings. The van der Waals surface area contributed by atoms with E-state index in [0.29, 0.717) is 5.89 Å². The van der Waals surface area contributed by atoms with Gasteiger partial charge in [-0.05, 0) is 10.3 Å². The number of aryl methyl sites for hydroxylation is 1. The molecule has 0 amide bonds. The van der Waals surface area contributed by atoms with Crippen molar-refractivity contribution in [3.63, 3.8) is 0 Å². The van der Waals surface area contributed by atoms with E-state index < -0.39 is 5.97 Å². The van der Waals surface area contributed by atoms with Crippen LogP contribution in [0.3, 0.4) is 0 Å². The van der Waals surface area contributed by atoms with E-state index in [-0.39, 0.29) is 34.0 Å². The molecule has 0 atom stereocenters. The van der Waals surface area contributed by atoms with Gasteiger partial charge in [-0.1, -0.05) is 17.0 Å². The predicted molar refractivity (Wildman–Crippen MR) is 69.2 cm³/mol. The third-order valence-corrected chi connectivity index (χ3v) is 3.33. The Bertz CT molecular complexity index is 823. The van der Waals surface area contributed by atoms with Crippen molar-refractivity contribution in [2.45, 2.75) is 17.9 Å². The van der Waals surface area contributed by atoms with Crippen LogP contribution in [0, 0.1) is 6.92 Å². The molecule has 0 saturated carbocycles. The fraction of sp³-hybridized carbons (Fsp3) is 0.222. The molecule has 0 unspecified atom stereocenters. The topological polar surface area (TPSA) is 172 Å². The first-order chi connectivity index (χ1) is 10.6. The lowest BCUT2D eigenvalue weighted by molar-refractivity contribution is 0.0689. The number of hydrogen-bond donors (Lipinski definition) is 2. The first-order valence-corrected chi connectivity index (χ1v) is 6.74. The lowest BCUT2D eigenvalue weighted by Gasteiger charge is -2.02. The average molecular weight is 324 g/mol. The fourth-order valence-electron chi connectivity index (χ4n) is 1.57. The second kappa shape index (κ2) is 5.44. The molecule has 3 heterocycles. The Kier molecular flexibility index (Phi) is 3.46. The van der Waals surface area contributed by atoms with Gasteiger partial charge in [-0.15, -0.1) is 15.3 Å². The Balaban J connectivity index is 1.95. The lowest BCUT2D eigenvalue weighted by Crippen LogP contribution is -2.08. The summed E-state index contributed by atoms with van der Waals surface area (Å²) in [6.07, 6.45) is 0. The number of thioether (sulfide) groups is 1. The quantitative estimate of drug-likeness (QED) is 0.598. The molecule has 0 aromatic carbocycles. The van der Waals surface area contributed by atoms with E-state index in [2.05, 4.69) is 35.5 Å². The van der Waals surface area contributed by atoms with Crippen LogP contribution in [-0.4, -0.2) is 46.6 Å². The Labute approximate surface area is 125 Å². The number of aromatic nitrogens is 7. The van der Waals surface area contributed by atoms with Gasteiger partial charge in [-0.2, -0.15) is 4.68 Å². The van der Waals surface area contributed by atoms with Crippen LogP contribution in [-0.2, 0) is 5.75 Å². The molecule has 0 bridgehead atoms. The van der Waals surface area contributed by atoms with Gasteiger partial charge in [0.25, 0.3) is 5.22 Å². The highest BCUT2D eigenvalue weighted by Crippen LogP contribution is 2.25. The number of nitrogens with zero attached hydrogens (tertiary/aromatic N) is 7. The normalized spacial score (nSPS) is 11.0. The summed E-state index contributed by atoms with van der Waals surface area (Å²) in [6.45, 7) is 1.65. The number of anilines is 1. The molecule has 0 saturated heterocycles. The minimum atomic E-state index is -1.24. The lowest BCUT2D eigenvalue weighted by atomic mass is 10.3. The number of hydrogen-bond acceptors (Lipinski definition) is 11. The van der Waals surface area contributed by atoms with Gasteiger partial charge in [0.05, 0.1) is 5.69 Å². The van der Waals surface area contributed by atoms with Crippen LogP contribution in [0.5, 0.6) is 0 Å². The van der Waals surface area contributed by atoms with E-state index in [0.717, 1.165) is 16.4 Å². The molecule has 0 aliphatic heterocycles. The molecule has 0 aliphatic carbocycles. The summed E-state index contributed by atoms with van der Waals surface area (Å²) < 4.78 is 10.8. The molecule has 0 fully saturated rings. The molecular weight excluding hydrogens is 316 g/mol. The summed E-state index contributed by atoms with van der Waals surface area (Å²) in [6, 6.07) is 0. The molecule has 3 rings (SSSR count). The van der Waals surface area contributed by atoms with E-state index in [1.807, 2.05) is 0 Å². The molecule has 0 radical (unpaired) electrons. The van der Waals surface area contributed by atoms with Gasteiger partial charge < -0.3 is 15.3 Å². The van der Waals surface area contributed by atoms with Gasteiger partial charge in [0.1, 0.15) is 0 Å². The summed E-state index contributed by atoms with van der Waals surface area (Å²) in [4.78, 5) is 11.2. The van der Waals surface area contributed by atoms with Gasteiger partial charge in [0, 0.05) is 12.7 Å². The second-order valence-corrected chi connectivity index (χ2v) is 4.88. The smallest absolute Gasteiger partial charge is 0.358 e. The monoisotopic (exact) mass is 324 g/mol. The maximum Gasteiger partial charge on any atom is 0.358 e. The molecule has 22 heavy (non-hydrogen) atoms. The van der Waals surface area contributed by atoms with E-state index in [4.69, 9.17) is 10.2 Å². The van der Waals surface area contributed by atoms with E-state index >= 15 is 0 Å². The number of nitrogens with two attached hydrogens (primary N) is 1. The molecular formula is C9H8N8O4S. The van der Waals surface area contributed by atoms with Crippen molar-refractivity contribution >= 4 is 23.5 Å². The third-order valence-electron chi connectivity index (χ3n) is 2.50. The standard InChI is InChI=1S/C9H8N8O4S/c1-3-11-13-9(20-3)22-2-4-5(8(18)19)12-16-17(4)7-6(10)14-21-15-7/h2H2,1H3,(H2,10,14)(H,18,19). The molecule has 3 aromatic heterocycles. The van der Waals surface area contributed by atoms with Crippen LogP contribution in [0.1, 0.15) is 22.1 Å². The van der Waals surface area contributed by atoms with E-state index in [9.17, 15) is 9.90 Å². The van der Waals surface area contributed by atoms with Crippen molar-refractivity contribution < 1.29 is 18.9 Å². The van der Waals surface area contributed by atoms with Gasteiger partial charge >= 0.3 is 5.97 Å². The van der Waals surface area contributed by atoms with Crippen molar-refractivity contribution in [3.8, 4) is 5.82 Å². The van der Waals surface area contributed by atoms with Crippen LogP contribution in [0.25, 0.3) is 5.82 Å². The first kappa shape index (κ1) is 14.0. The van der Waals surface area contributed by atoms with Crippen molar-refractivity contribution in [1.82, 2.24) is 35.5 Å². The Hall–Kier alpha value is -2.96. The zero-order chi connectivity index (χ0) is 15.7. The predicted octanol–water partition coefficient (Wildman–Crippen LogP) is -0.0856. The zero-order valence-electron chi connectivity index (χ0n) is 11.0. The Morgan fingerprint density at radius 3 is 2.77 bits per heavy atom. The molecule has 114 valence electrons. The maximum atomic E-state index is 11.2. The number of carboxylic acid groups (broad SMARTS) is 1. The SMILES string of the molecule is Cc1nnc(SCc2c(C(=O)O)nnn2-c2nonc2N)o1. The van der Waals surface area contributed by atoms with Crippen LogP contribution >= 0.6 is 11.8 Å². The van der Waals surface area contributed by atoms with Crippen molar-refractivity contribution in [3.05, 3.63) is 17.3 Å². The summed E-state index contributed by atoms with van der Waals surface area (Å²) in [5.74, 6) is -0.682. The number of carboxylic acids is 1. The molecule has 12 nitrogen and oxygen atoms in total. The summed E-state index contributed by atoms with van der Waals surface area (Å²) in [7, 11) is 0. The van der Waals surface area contributed by atoms with Crippen LogP contribution in [0.2, 0.25) is 0 Å². The largest absolute Gasteiger partial charge is 0.476 e. The average Bonchev–Trinajstić information content (AvgIpc) is 3.15. The highest BCUT2D eigenvalue weighted by Gasteiger charge is 2.24. The molecule has 0 spiro atoms. The number of carbonyl (C=O) groups is 1. The minimum absolute atomic E-state index is 0.0401. The molecule has 3 N–H and O–H groups in total. The first-order valence-electron chi connectivity index (χ1n) is 5.75. The highest BCUT2D eigenvalue weighted by molar-refractivity contribution is 7.98. The van der Waals surface area contributed by atoms with E-state index in [1.165, 1.54) is 0 Å². The van der Waals surface area contributed by atoms with Crippen molar-refractivity contribution in [1.29, 1.82) is 0 Å². The third kappa shape index (κ3) is 2.48. The summed E-state index contributed by atoms with van der Waals surface area (Å²) in [5, 5.41) is 31.3. The van der Waals surface area contributed by atoms with Gasteiger partial charge in [-0.25, -0.2) is 9.42 Å². The number of nitrogen functional groups attached to an aromatic ring is 1. The van der Waals surface area contributed by atoms with Gasteiger partial charge in [0.15, 0.2) is 5.69 Å². The highest BCUT2D eigenvalue weighted by atomic mass is 32.2. The van der Waals surface area contributed by atoms with Gasteiger partial charge in [0.2, 0.25) is 17.5 Å². The van der Waals surface area contributed by atoms with Crippen LogP contribution in [0.15, 0.2) is 14.3 Å². The Morgan fingerprint density at radius 1 is 1.36 bits per heavy atom. The van der Waals surface area contributed by atoms with Crippen LogP contribution < -0.4 is 5.73 Å². The maximum absolute atomic E-state index is 11.2. The number of aromatic carboxylic acids is 1. The van der Waals surface area contributed by atoms with E-state index in [1.54, 1.807) is 6.92 Å².